The lowest BCUT2D eigenvalue weighted by Crippen LogP contribution is -2.26. The number of ether oxygens (including phenoxy) is 3. The summed E-state index contributed by atoms with van der Waals surface area (Å²) in [6.07, 6.45) is 0.235. The van der Waals surface area contributed by atoms with E-state index in [1.54, 1.807) is 0 Å². The molecule has 0 amide bonds. The Hall–Kier alpha value is -1.62. The third-order valence-corrected chi connectivity index (χ3v) is 3.38. The van der Waals surface area contributed by atoms with E-state index in [0.717, 1.165) is 12.5 Å². The van der Waals surface area contributed by atoms with Crippen LogP contribution in [0, 0.1) is 11.7 Å². The lowest BCUT2D eigenvalue weighted by atomic mass is 9.95. The maximum atomic E-state index is 14.0. The highest BCUT2D eigenvalue weighted by atomic mass is 19.1. The van der Waals surface area contributed by atoms with Crippen LogP contribution in [-0.4, -0.2) is 32.7 Å². The van der Waals surface area contributed by atoms with Gasteiger partial charge in [-0.05, 0) is 18.4 Å². The molecule has 2 atom stereocenters. The number of rotatable bonds is 4. The summed E-state index contributed by atoms with van der Waals surface area (Å²) < 4.78 is 29.4. The van der Waals surface area contributed by atoms with Crippen LogP contribution in [0.5, 0.6) is 11.5 Å². The van der Waals surface area contributed by atoms with Crippen molar-refractivity contribution in [3.8, 4) is 11.5 Å². The molecule has 5 heteroatoms. The Kier molecular flexibility index (Phi) is 4.04. The maximum Gasteiger partial charge on any atom is 0.194 e. The van der Waals surface area contributed by atoms with Crippen molar-refractivity contribution in [2.24, 2.45) is 5.92 Å². The Bertz CT molecular complexity index is 487. The summed E-state index contributed by atoms with van der Waals surface area (Å²) >= 11 is 0. The van der Waals surface area contributed by atoms with E-state index in [4.69, 9.17) is 14.2 Å². The smallest absolute Gasteiger partial charge is 0.194 e. The summed E-state index contributed by atoms with van der Waals surface area (Å²) in [4.78, 5) is 12.3. The number of ketones is 1. The van der Waals surface area contributed by atoms with Crippen LogP contribution in [0.3, 0.4) is 0 Å². The molecule has 1 aromatic carbocycles. The van der Waals surface area contributed by atoms with Crippen LogP contribution in [0.2, 0.25) is 0 Å². The number of Topliss-reactive ketones (excluding diaryl/α,β-unsaturated/α-hetero) is 1. The van der Waals surface area contributed by atoms with Crippen molar-refractivity contribution in [1.29, 1.82) is 0 Å². The lowest BCUT2D eigenvalue weighted by Gasteiger charge is -2.15. The molecule has 0 spiro atoms. The van der Waals surface area contributed by atoms with Crippen molar-refractivity contribution >= 4 is 5.78 Å². The number of methoxy groups -OCH3 is 2. The monoisotopic (exact) mass is 268 g/mol. The Morgan fingerprint density at radius 3 is 2.47 bits per heavy atom. The van der Waals surface area contributed by atoms with Crippen LogP contribution in [0.15, 0.2) is 12.1 Å². The molecule has 4 nitrogen and oxygen atoms in total. The van der Waals surface area contributed by atoms with Gasteiger partial charge in [0.2, 0.25) is 0 Å². The Morgan fingerprint density at radius 1 is 1.32 bits per heavy atom. The zero-order chi connectivity index (χ0) is 14.0. The topological polar surface area (TPSA) is 44.8 Å². The molecule has 1 aliphatic heterocycles. The molecular formula is C14H17FO4. The van der Waals surface area contributed by atoms with Gasteiger partial charge in [0.1, 0.15) is 11.9 Å². The molecule has 0 aromatic heterocycles. The number of carbonyl (C=O) groups excluding carboxylic acids is 1. The maximum absolute atomic E-state index is 14.0. The van der Waals surface area contributed by atoms with Gasteiger partial charge >= 0.3 is 0 Å². The number of hydrogen-bond donors (Lipinski definition) is 0. The van der Waals surface area contributed by atoms with E-state index in [1.807, 2.05) is 6.92 Å². The van der Waals surface area contributed by atoms with Gasteiger partial charge in [-0.15, -0.1) is 0 Å². The largest absolute Gasteiger partial charge is 0.493 e. The highest BCUT2D eigenvalue weighted by molar-refractivity contribution is 6.00. The molecule has 0 saturated carbocycles. The fraction of sp³-hybridized carbons (Fsp3) is 0.500. The van der Waals surface area contributed by atoms with Crippen molar-refractivity contribution in [3.63, 3.8) is 0 Å². The van der Waals surface area contributed by atoms with Gasteiger partial charge in [0.15, 0.2) is 17.3 Å². The van der Waals surface area contributed by atoms with E-state index in [0.29, 0.717) is 12.4 Å². The Balaban J connectivity index is 2.36. The second kappa shape index (κ2) is 5.57. The summed E-state index contributed by atoms with van der Waals surface area (Å²) in [5.74, 6) is -0.274. The molecule has 2 unspecified atom stereocenters. The van der Waals surface area contributed by atoms with Gasteiger partial charge < -0.3 is 14.2 Å². The minimum absolute atomic E-state index is 0.0172. The highest BCUT2D eigenvalue weighted by Crippen LogP contribution is 2.32. The second-order valence-electron chi connectivity index (χ2n) is 4.61. The molecule has 0 bridgehead atoms. The molecule has 0 N–H and O–H groups in total. The average molecular weight is 268 g/mol. The number of halogens is 1. The van der Waals surface area contributed by atoms with Gasteiger partial charge in [0.05, 0.1) is 19.8 Å². The third kappa shape index (κ3) is 2.56. The van der Waals surface area contributed by atoms with Crippen LogP contribution >= 0.6 is 0 Å². The van der Waals surface area contributed by atoms with Crippen molar-refractivity contribution in [2.45, 2.75) is 19.4 Å². The van der Waals surface area contributed by atoms with E-state index in [9.17, 15) is 9.18 Å². The molecule has 1 aliphatic rings. The first-order valence-electron chi connectivity index (χ1n) is 6.15. The summed E-state index contributed by atoms with van der Waals surface area (Å²) in [6.45, 7) is 2.46. The SMILES string of the molecule is COc1cc(F)c(C(=O)C2OCCC2C)cc1OC. The van der Waals surface area contributed by atoms with Crippen molar-refractivity contribution in [2.75, 3.05) is 20.8 Å². The molecular weight excluding hydrogens is 251 g/mol. The lowest BCUT2D eigenvalue weighted by molar-refractivity contribution is 0.0575. The molecule has 1 saturated heterocycles. The van der Waals surface area contributed by atoms with Gasteiger partial charge in [0, 0.05) is 12.7 Å². The average Bonchev–Trinajstić information content (AvgIpc) is 2.83. The minimum Gasteiger partial charge on any atom is -0.493 e. The highest BCUT2D eigenvalue weighted by Gasteiger charge is 2.33. The standard InChI is InChI=1S/C14H17FO4/c1-8-4-5-19-14(8)13(16)9-6-11(17-2)12(18-3)7-10(9)15/h6-8,14H,4-5H2,1-3H3. The molecule has 19 heavy (non-hydrogen) atoms. The predicted octanol–water partition coefficient (Wildman–Crippen LogP) is 2.45. The fourth-order valence-electron chi connectivity index (χ4n) is 2.23. The van der Waals surface area contributed by atoms with E-state index in [2.05, 4.69) is 0 Å². The van der Waals surface area contributed by atoms with E-state index < -0.39 is 11.9 Å². The quantitative estimate of drug-likeness (QED) is 0.787. The first kappa shape index (κ1) is 13.8. The molecule has 104 valence electrons. The van der Waals surface area contributed by atoms with E-state index in [1.165, 1.54) is 20.3 Å². The zero-order valence-corrected chi connectivity index (χ0v) is 11.2. The van der Waals surface area contributed by atoms with Gasteiger partial charge in [0.25, 0.3) is 0 Å². The molecule has 0 radical (unpaired) electrons. The predicted molar refractivity (Wildman–Crippen MR) is 67.4 cm³/mol. The number of benzene rings is 1. The van der Waals surface area contributed by atoms with Crippen LogP contribution in [0.4, 0.5) is 4.39 Å². The summed E-state index contributed by atoms with van der Waals surface area (Å²) in [7, 11) is 2.86. The first-order chi connectivity index (χ1) is 9.08. The third-order valence-electron chi connectivity index (χ3n) is 3.38. The van der Waals surface area contributed by atoms with Crippen molar-refractivity contribution in [3.05, 3.63) is 23.5 Å². The Labute approximate surface area is 111 Å². The van der Waals surface area contributed by atoms with Gasteiger partial charge in [-0.3, -0.25) is 4.79 Å². The molecule has 1 aromatic rings. The molecule has 1 heterocycles. The van der Waals surface area contributed by atoms with Gasteiger partial charge in [-0.1, -0.05) is 6.92 Å². The van der Waals surface area contributed by atoms with Crippen molar-refractivity contribution in [1.82, 2.24) is 0 Å². The minimum atomic E-state index is -0.620. The summed E-state index contributed by atoms with van der Waals surface area (Å²) in [5, 5.41) is 0. The fourth-order valence-corrected chi connectivity index (χ4v) is 2.23. The molecule has 2 rings (SSSR count). The van der Waals surface area contributed by atoms with Crippen LogP contribution in [0.1, 0.15) is 23.7 Å². The van der Waals surface area contributed by atoms with Gasteiger partial charge in [-0.25, -0.2) is 4.39 Å². The Morgan fingerprint density at radius 2 is 1.95 bits per heavy atom. The second-order valence-corrected chi connectivity index (χ2v) is 4.61. The summed E-state index contributed by atoms with van der Waals surface area (Å²) in [5.41, 5.74) is -0.0172. The number of carbonyl (C=O) groups is 1. The molecule has 1 fully saturated rings. The van der Waals surface area contributed by atoms with E-state index in [-0.39, 0.29) is 23.0 Å². The zero-order valence-electron chi connectivity index (χ0n) is 11.2. The van der Waals surface area contributed by atoms with Crippen LogP contribution in [-0.2, 0) is 4.74 Å². The molecule has 0 aliphatic carbocycles. The van der Waals surface area contributed by atoms with Gasteiger partial charge in [-0.2, -0.15) is 0 Å². The van der Waals surface area contributed by atoms with Crippen molar-refractivity contribution < 1.29 is 23.4 Å². The van der Waals surface area contributed by atoms with Crippen LogP contribution < -0.4 is 9.47 Å². The number of hydrogen-bond acceptors (Lipinski definition) is 4. The normalized spacial score (nSPS) is 22.3. The van der Waals surface area contributed by atoms with E-state index >= 15 is 0 Å². The van der Waals surface area contributed by atoms with Crippen LogP contribution in [0.25, 0.3) is 0 Å². The summed E-state index contributed by atoms with van der Waals surface area (Å²) in [6, 6.07) is 2.52. The first-order valence-corrected chi connectivity index (χ1v) is 6.15.